The molecule has 1 aromatic heterocycles. The average Bonchev–Trinajstić information content (AvgIpc) is 3.15. The Morgan fingerprint density at radius 3 is 2.82 bits per heavy atom. The maximum Gasteiger partial charge on any atom is 0.253 e. The van der Waals surface area contributed by atoms with E-state index in [9.17, 15) is 4.79 Å². The fourth-order valence-corrected chi connectivity index (χ4v) is 3.81. The van der Waals surface area contributed by atoms with Crippen LogP contribution in [-0.4, -0.2) is 36.5 Å². The molecule has 0 radical (unpaired) electrons. The first-order valence-electron chi connectivity index (χ1n) is 7.54. The van der Waals surface area contributed by atoms with Crippen LogP contribution in [0.4, 0.5) is 0 Å². The molecule has 116 valence electrons. The van der Waals surface area contributed by atoms with Gasteiger partial charge in [-0.2, -0.15) is 0 Å². The average molecular weight is 316 g/mol. The lowest BCUT2D eigenvalue weighted by molar-refractivity contribution is 0.0994. The molecule has 0 aliphatic carbocycles. The standard InChI is InChI=1S/C17H20N2O2S/c1-2-19-9-8-13(10-19)21-14-11-22-16(15(14)17(18)20)12-6-4-3-5-7-12/h3-7,11,13H,2,8-10H2,1H3,(H2,18,20). The summed E-state index contributed by atoms with van der Waals surface area (Å²) in [6.45, 7) is 5.13. The molecule has 22 heavy (non-hydrogen) atoms. The van der Waals surface area contributed by atoms with Gasteiger partial charge in [0.1, 0.15) is 11.9 Å². The van der Waals surface area contributed by atoms with Crippen molar-refractivity contribution in [1.29, 1.82) is 0 Å². The van der Waals surface area contributed by atoms with Crippen molar-refractivity contribution >= 4 is 17.2 Å². The van der Waals surface area contributed by atoms with E-state index in [1.807, 2.05) is 35.7 Å². The number of carbonyl (C=O) groups excluding carboxylic acids is 1. The zero-order valence-corrected chi connectivity index (χ0v) is 13.4. The molecule has 1 atom stereocenters. The zero-order valence-electron chi connectivity index (χ0n) is 12.6. The van der Waals surface area contributed by atoms with Crippen molar-refractivity contribution < 1.29 is 9.53 Å². The number of nitrogens with zero attached hydrogens (tertiary/aromatic N) is 1. The monoisotopic (exact) mass is 316 g/mol. The second-order valence-electron chi connectivity index (χ2n) is 5.46. The first-order chi connectivity index (χ1) is 10.7. The summed E-state index contributed by atoms with van der Waals surface area (Å²) in [5.41, 5.74) is 7.11. The van der Waals surface area contributed by atoms with E-state index in [1.54, 1.807) is 0 Å². The van der Waals surface area contributed by atoms with Gasteiger partial charge < -0.3 is 10.5 Å². The Hall–Kier alpha value is -1.85. The first kappa shape index (κ1) is 15.1. The predicted octanol–water partition coefficient (Wildman–Crippen LogP) is 2.99. The zero-order chi connectivity index (χ0) is 15.5. The fourth-order valence-electron chi connectivity index (χ4n) is 2.82. The molecule has 1 unspecified atom stereocenters. The van der Waals surface area contributed by atoms with Gasteiger partial charge in [0.25, 0.3) is 5.91 Å². The topological polar surface area (TPSA) is 55.6 Å². The predicted molar refractivity (Wildman–Crippen MR) is 89.4 cm³/mol. The van der Waals surface area contributed by atoms with Crippen molar-refractivity contribution in [3.8, 4) is 16.2 Å². The molecule has 0 bridgehead atoms. The minimum Gasteiger partial charge on any atom is -0.487 e. The van der Waals surface area contributed by atoms with Gasteiger partial charge in [0, 0.05) is 18.5 Å². The Morgan fingerprint density at radius 2 is 2.18 bits per heavy atom. The van der Waals surface area contributed by atoms with E-state index in [0.717, 1.165) is 36.5 Å². The summed E-state index contributed by atoms with van der Waals surface area (Å²) >= 11 is 1.51. The van der Waals surface area contributed by atoms with Gasteiger partial charge in [-0.25, -0.2) is 0 Å². The highest BCUT2D eigenvalue weighted by molar-refractivity contribution is 7.14. The highest BCUT2D eigenvalue weighted by Gasteiger charge is 2.26. The highest BCUT2D eigenvalue weighted by atomic mass is 32.1. The van der Waals surface area contributed by atoms with E-state index in [0.29, 0.717) is 11.3 Å². The fraction of sp³-hybridized carbons (Fsp3) is 0.353. The summed E-state index contributed by atoms with van der Waals surface area (Å²) in [5.74, 6) is 0.194. The van der Waals surface area contributed by atoms with Gasteiger partial charge in [0.2, 0.25) is 0 Å². The molecule has 1 aliphatic rings. The van der Waals surface area contributed by atoms with Crippen LogP contribution in [-0.2, 0) is 0 Å². The second-order valence-corrected chi connectivity index (χ2v) is 6.34. The third kappa shape index (κ3) is 3.00. The van der Waals surface area contributed by atoms with E-state index in [2.05, 4.69) is 11.8 Å². The van der Waals surface area contributed by atoms with E-state index in [1.165, 1.54) is 11.3 Å². The molecule has 1 saturated heterocycles. The molecule has 4 nitrogen and oxygen atoms in total. The molecule has 2 heterocycles. The van der Waals surface area contributed by atoms with Crippen LogP contribution in [0.5, 0.6) is 5.75 Å². The van der Waals surface area contributed by atoms with Crippen molar-refractivity contribution in [3.63, 3.8) is 0 Å². The summed E-state index contributed by atoms with van der Waals surface area (Å²) in [6.07, 6.45) is 1.12. The Labute approximate surface area is 134 Å². The quantitative estimate of drug-likeness (QED) is 0.922. The van der Waals surface area contributed by atoms with Crippen LogP contribution in [0, 0.1) is 0 Å². The Balaban J connectivity index is 1.86. The van der Waals surface area contributed by atoms with Crippen LogP contribution < -0.4 is 10.5 Å². The number of rotatable bonds is 5. The van der Waals surface area contributed by atoms with Gasteiger partial charge in [-0.15, -0.1) is 11.3 Å². The molecular weight excluding hydrogens is 296 g/mol. The number of amides is 1. The summed E-state index contributed by atoms with van der Waals surface area (Å²) in [4.78, 5) is 15.1. The molecule has 3 rings (SSSR count). The largest absolute Gasteiger partial charge is 0.487 e. The molecule has 2 aromatic rings. The lowest BCUT2D eigenvalue weighted by Crippen LogP contribution is -2.25. The van der Waals surface area contributed by atoms with Gasteiger partial charge >= 0.3 is 0 Å². The van der Waals surface area contributed by atoms with E-state index >= 15 is 0 Å². The Morgan fingerprint density at radius 1 is 1.41 bits per heavy atom. The lowest BCUT2D eigenvalue weighted by atomic mass is 10.1. The number of ether oxygens (including phenoxy) is 1. The number of benzene rings is 1. The van der Waals surface area contributed by atoms with Crippen molar-refractivity contribution in [3.05, 3.63) is 41.3 Å². The Kier molecular flexibility index (Phi) is 4.45. The smallest absolute Gasteiger partial charge is 0.253 e. The number of primary amides is 1. The number of hydrogen-bond donors (Lipinski definition) is 1. The van der Waals surface area contributed by atoms with E-state index < -0.39 is 5.91 Å². The second kappa shape index (κ2) is 6.50. The van der Waals surface area contributed by atoms with Crippen molar-refractivity contribution in [1.82, 2.24) is 4.90 Å². The molecule has 2 N–H and O–H groups in total. The van der Waals surface area contributed by atoms with Crippen LogP contribution in [0.2, 0.25) is 0 Å². The van der Waals surface area contributed by atoms with Crippen molar-refractivity contribution in [2.45, 2.75) is 19.4 Å². The number of thiophene rings is 1. The molecular formula is C17H20N2O2S. The lowest BCUT2D eigenvalue weighted by Gasteiger charge is -2.15. The molecule has 1 aliphatic heterocycles. The first-order valence-corrected chi connectivity index (χ1v) is 8.42. The SMILES string of the molecule is CCN1CCC(Oc2csc(-c3ccccc3)c2C(N)=O)C1. The van der Waals surface area contributed by atoms with Gasteiger partial charge in [0.05, 0.1) is 10.4 Å². The summed E-state index contributed by atoms with van der Waals surface area (Å²) in [5, 5.41) is 1.90. The van der Waals surface area contributed by atoms with Crippen molar-refractivity contribution in [2.24, 2.45) is 5.73 Å². The summed E-state index contributed by atoms with van der Waals surface area (Å²) in [7, 11) is 0. The van der Waals surface area contributed by atoms with Gasteiger partial charge in [-0.1, -0.05) is 37.3 Å². The molecule has 1 fully saturated rings. The van der Waals surface area contributed by atoms with Gasteiger partial charge in [-0.05, 0) is 18.5 Å². The molecule has 1 amide bonds. The number of likely N-dealkylation sites (tertiary alicyclic amines) is 1. The molecule has 0 spiro atoms. The number of carbonyl (C=O) groups is 1. The van der Waals surface area contributed by atoms with Crippen molar-refractivity contribution in [2.75, 3.05) is 19.6 Å². The summed E-state index contributed by atoms with van der Waals surface area (Å²) < 4.78 is 6.07. The minimum absolute atomic E-state index is 0.135. The third-order valence-corrected chi connectivity index (χ3v) is 5.02. The van der Waals surface area contributed by atoms with Crippen LogP contribution in [0.1, 0.15) is 23.7 Å². The molecule has 0 saturated carbocycles. The number of hydrogen-bond acceptors (Lipinski definition) is 4. The van der Waals surface area contributed by atoms with Crippen LogP contribution in [0.15, 0.2) is 35.7 Å². The normalized spacial score (nSPS) is 18.5. The minimum atomic E-state index is -0.430. The maximum atomic E-state index is 11.9. The third-order valence-electron chi connectivity index (χ3n) is 4.01. The number of likely N-dealkylation sites (N-methyl/N-ethyl adjacent to an activating group) is 1. The van der Waals surface area contributed by atoms with Gasteiger partial charge in [0.15, 0.2) is 0 Å². The maximum absolute atomic E-state index is 11.9. The molecule has 1 aromatic carbocycles. The van der Waals surface area contributed by atoms with Crippen LogP contribution in [0.3, 0.4) is 0 Å². The van der Waals surface area contributed by atoms with Crippen LogP contribution >= 0.6 is 11.3 Å². The summed E-state index contributed by atoms with van der Waals surface area (Å²) in [6, 6.07) is 9.83. The van der Waals surface area contributed by atoms with E-state index in [4.69, 9.17) is 10.5 Å². The highest BCUT2D eigenvalue weighted by Crippen LogP contribution is 2.38. The molecule has 5 heteroatoms. The van der Waals surface area contributed by atoms with Gasteiger partial charge in [-0.3, -0.25) is 9.69 Å². The van der Waals surface area contributed by atoms with Crippen LogP contribution in [0.25, 0.3) is 10.4 Å². The Bertz CT molecular complexity index is 654. The van der Waals surface area contributed by atoms with E-state index in [-0.39, 0.29) is 6.10 Å². The number of nitrogens with two attached hydrogens (primary N) is 1.